The summed E-state index contributed by atoms with van der Waals surface area (Å²) < 4.78 is 43.2. The molecule has 0 saturated carbocycles. The van der Waals surface area contributed by atoms with E-state index >= 15 is 0 Å². The van der Waals surface area contributed by atoms with Crippen LogP contribution in [0.3, 0.4) is 0 Å². The quantitative estimate of drug-likeness (QED) is 0.482. The van der Waals surface area contributed by atoms with Gasteiger partial charge in [-0.2, -0.15) is 18.3 Å². The highest BCUT2D eigenvalue weighted by atomic mass is 79.9. The van der Waals surface area contributed by atoms with Crippen LogP contribution in [0.4, 0.5) is 19.0 Å². The van der Waals surface area contributed by atoms with Crippen LogP contribution in [0.5, 0.6) is 0 Å². The normalized spacial score (nSPS) is 18.0. The average molecular weight is 507 g/mol. The van der Waals surface area contributed by atoms with Gasteiger partial charge in [0.2, 0.25) is 5.91 Å². The van der Waals surface area contributed by atoms with E-state index in [-0.39, 0.29) is 24.6 Å². The SMILES string of the molecule is Cc1ccc(CNC(=O)Cc2cnn3c2N[C@@H](c2ccc(Br)cc2)C[C@H]3C(F)(F)F)cc1. The monoisotopic (exact) mass is 506 g/mol. The average Bonchev–Trinajstić information content (AvgIpc) is 3.15. The molecule has 4 rings (SSSR count). The number of hydrogen-bond donors (Lipinski definition) is 2. The van der Waals surface area contributed by atoms with Crippen LogP contribution in [-0.4, -0.2) is 21.9 Å². The highest BCUT2D eigenvalue weighted by Crippen LogP contribution is 2.44. The Labute approximate surface area is 192 Å². The lowest BCUT2D eigenvalue weighted by atomic mass is 9.96. The molecule has 1 aliphatic rings. The summed E-state index contributed by atoms with van der Waals surface area (Å²) >= 11 is 3.35. The first-order chi connectivity index (χ1) is 15.2. The number of carbonyl (C=O) groups is 1. The van der Waals surface area contributed by atoms with Crippen LogP contribution < -0.4 is 10.6 Å². The number of halogens is 4. The van der Waals surface area contributed by atoms with Crippen molar-refractivity contribution in [2.75, 3.05) is 5.32 Å². The first kappa shape index (κ1) is 22.4. The van der Waals surface area contributed by atoms with Gasteiger partial charge in [-0.1, -0.05) is 57.9 Å². The van der Waals surface area contributed by atoms with Crippen LogP contribution in [-0.2, 0) is 17.8 Å². The molecule has 2 atom stereocenters. The Bertz CT molecular complexity index is 1090. The van der Waals surface area contributed by atoms with Crippen LogP contribution in [0.2, 0.25) is 0 Å². The number of anilines is 1. The first-order valence-electron chi connectivity index (χ1n) is 10.2. The third kappa shape index (κ3) is 4.98. The van der Waals surface area contributed by atoms with E-state index in [1.807, 2.05) is 31.2 Å². The number of fused-ring (bicyclic) bond motifs is 1. The number of amides is 1. The molecule has 2 N–H and O–H groups in total. The van der Waals surface area contributed by atoms with E-state index in [1.165, 1.54) is 6.20 Å². The molecule has 3 aromatic rings. The minimum absolute atomic E-state index is 0.0637. The van der Waals surface area contributed by atoms with Crippen molar-refractivity contribution in [2.24, 2.45) is 0 Å². The summed E-state index contributed by atoms with van der Waals surface area (Å²) in [7, 11) is 0. The smallest absolute Gasteiger partial charge is 0.363 e. The molecular weight excluding hydrogens is 485 g/mol. The maximum Gasteiger partial charge on any atom is 0.410 e. The number of aromatic nitrogens is 2. The fourth-order valence-corrected chi connectivity index (χ4v) is 4.06. The summed E-state index contributed by atoms with van der Waals surface area (Å²) in [6.45, 7) is 2.33. The maximum atomic E-state index is 13.8. The second kappa shape index (κ2) is 8.97. The highest BCUT2D eigenvalue weighted by Gasteiger charge is 2.46. The van der Waals surface area contributed by atoms with Gasteiger partial charge in [0, 0.05) is 23.0 Å². The van der Waals surface area contributed by atoms with Crippen molar-refractivity contribution in [3.63, 3.8) is 0 Å². The summed E-state index contributed by atoms with van der Waals surface area (Å²) in [5, 5.41) is 9.97. The van der Waals surface area contributed by atoms with E-state index in [0.717, 1.165) is 25.8 Å². The van der Waals surface area contributed by atoms with Crippen molar-refractivity contribution in [1.29, 1.82) is 0 Å². The topological polar surface area (TPSA) is 59.0 Å². The highest BCUT2D eigenvalue weighted by molar-refractivity contribution is 9.10. The zero-order valence-electron chi connectivity index (χ0n) is 17.3. The van der Waals surface area contributed by atoms with E-state index < -0.39 is 18.3 Å². The van der Waals surface area contributed by atoms with E-state index in [9.17, 15) is 18.0 Å². The molecule has 0 radical (unpaired) electrons. The van der Waals surface area contributed by atoms with Gasteiger partial charge in [0.15, 0.2) is 6.04 Å². The van der Waals surface area contributed by atoms with Gasteiger partial charge < -0.3 is 10.6 Å². The largest absolute Gasteiger partial charge is 0.410 e. The molecule has 0 aliphatic carbocycles. The van der Waals surface area contributed by atoms with Crippen molar-refractivity contribution in [1.82, 2.24) is 15.1 Å². The van der Waals surface area contributed by atoms with Crippen molar-refractivity contribution in [2.45, 2.75) is 44.6 Å². The van der Waals surface area contributed by atoms with Crippen LogP contribution >= 0.6 is 15.9 Å². The third-order valence-corrected chi connectivity index (χ3v) is 6.08. The molecule has 0 saturated heterocycles. The molecule has 0 bridgehead atoms. The lowest BCUT2D eigenvalue weighted by molar-refractivity contribution is -0.173. The van der Waals surface area contributed by atoms with E-state index in [1.54, 1.807) is 24.3 Å². The van der Waals surface area contributed by atoms with Crippen molar-refractivity contribution >= 4 is 27.7 Å². The molecule has 9 heteroatoms. The van der Waals surface area contributed by atoms with Gasteiger partial charge in [-0.3, -0.25) is 4.79 Å². The van der Waals surface area contributed by atoms with Gasteiger partial charge in [0.05, 0.1) is 18.7 Å². The van der Waals surface area contributed by atoms with Gasteiger partial charge in [0.25, 0.3) is 0 Å². The van der Waals surface area contributed by atoms with E-state index in [4.69, 9.17) is 0 Å². The molecule has 0 spiro atoms. The Balaban J connectivity index is 1.53. The van der Waals surface area contributed by atoms with Crippen LogP contribution in [0.15, 0.2) is 59.2 Å². The van der Waals surface area contributed by atoms with Crippen molar-refractivity contribution in [3.8, 4) is 0 Å². The predicted molar refractivity (Wildman–Crippen MR) is 119 cm³/mol. The summed E-state index contributed by atoms with van der Waals surface area (Å²) in [6, 6.07) is 12.6. The van der Waals surface area contributed by atoms with Crippen LogP contribution in [0.1, 0.15) is 40.8 Å². The van der Waals surface area contributed by atoms with E-state index in [2.05, 4.69) is 31.7 Å². The lowest BCUT2D eigenvalue weighted by Crippen LogP contribution is -2.36. The Hall–Kier alpha value is -2.81. The van der Waals surface area contributed by atoms with Crippen molar-refractivity contribution in [3.05, 3.63) is 81.5 Å². The van der Waals surface area contributed by atoms with Gasteiger partial charge in [-0.15, -0.1) is 0 Å². The van der Waals surface area contributed by atoms with Crippen LogP contribution in [0.25, 0.3) is 0 Å². The second-order valence-electron chi connectivity index (χ2n) is 7.94. The Morgan fingerprint density at radius 2 is 1.88 bits per heavy atom. The molecule has 0 unspecified atom stereocenters. The zero-order chi connectivity index (χ0) is 22.9. The molecule has 2 aromatic carbocycles. The molecule has 5 nitrogen and oxygen atoms in total. The predicted octanol–water partition coefficient (Wildman–Crippen LogP) is 5.47. The second-order valence-corrected chi connectivity index (χ2v) is 8.86. The number of alkyl halides is 3. The maximum absolute atomic E-state index is 13.8. The summed E-state index contributed by atoms with van der Waals surface area (Å²) in [6.07, 6.45) is -3.36. The van der Waals surface area contributed by atoms with Gasteiger partial charge in [-0.05, 0) is 30.2 Å². The Morgan fingerprint density at radius 1 is 1.19 bits per heavy atom. The minimum Gasteiger partial charge on any atom is -0.363 e. The van der Waals surface area contributed by atoms with E-state index in [0.29, 0.717) is 12.1 Å². The number of rotatable bonds is 5. The fourth-order valence-electron chi connectivity index (χ4n) is 3.80. The third-order valence-electron chi connectivity index (χ3n) is 5.55. The first-order valence-corrected chi connectivity index (χ1v) is 11.0. The number of nitrogens with one attached hydrogen (secondary N) is 2. The number of benzene rings is 2. The molecule has 1 amide bonds. The number of aryl methyl sites for hydroxylation is 1. The zero-order valence-corrected chi connectivity index (χ0v) is 18.9. The fraction of sp³-hybridized carbons (Fsp3) is 0.304. The minimum atomic E-state index is -4.46. The van der Waals surface area contributed by atoms with Crippen LogP contribution in [0, 0.1) is 6.92 Å². The molecular formula is C23H22BrF3N4O. The summed E-state index contributed by atoms with van der Waals surface area (Å²) in [5.74, 6) is -0.0468. The summed E-state index contributed by atoms with van der Waals surface area (Å²) in [5.41, 5.74) is 3.25. The van der Waals surface area contributed by atoms with Gasteiger partial charge in [-0.25, -0.2) is 4.68 Å². The van der Waals surface area contributed by atoms with Crippen molar-refractivity contribution < 1.29 is 18.0 Å². The van der Waals surface area contributed by atoms with Gasteiger partial charge >= 0.3 is 6.18 Å². The molecule has 1 aliphatic heterocycles. The standard InChI is InChI=1S/C23H22BrF3N4O/c1-14-2-4-15(5-3-14)12-28-21(32)10-17-13-29-31-20(23(25,26)27)11-19(30-22(17)31)16-6-8-18(24)9-7-16/h2-9,13,19-20,30H,10-12H2,1H3,(H,28,32)/t19-,20+/m1/s1. The number of nitrogens with zero attached hydrogens (tertiary/aromatic N) is 2. The Kier molecular flexibility index (Phi) is 6.28. The molecule has 2 heterocycles. The molecule has 168 valence electrons. The van der Waals surface area contributed by atoms with Gasteiger partial charge in [0.1, 0.15) is 5.82 Å². The Morgan fingerprint density at radius 3 is 2.53 bits per heavy atom. The number of carbonyl (C=O) groups excluding carboxylic acids is 1. The number of hydrogen-bond acceptors (Lipinski definition) is 3. The molecule has 32 heavy (non-hydrogen) atoms. The summed E-state index contributed by atoms with van der Waals surface area (Å²) in [4.78, 5) is 12.5. The molecule has 1 aromatic heterocycles. The lowest BCUT2D eigenvalue weighted by Gasteiger charge is -2.34. The molecule has 0 fully saturated rings.